The quantitative estimate of drug-likeness (QED) is 0.857. The van der Waals surface area contributed by atoms with Gasteiger partial charge in [-0.05, 0) is 42.8 Å². The van der Waals surface area contributed by atoms with Gasteiger partial charge in [-0.15, -0.1) is 0 Å². The van der Waals surface area contributed by atoms with Crippen molar-refractivity contribution in [2.24, 2.45) is 0 Å². The topological polar surface area (TPSA) is 87.7 Å². The molecule has 0 unspecified atom stereocenters. The van der Waals surface area contributed by atoms with Gasteiger partial charge in [0.05, 0.1) is 6.61 Å². The molecule has 0 aliphatic carbocycles. The number of para-hydroxylation sites is 1. The third-order valence-electron chi connectivity index (χ3n) is 3.79. The van der Waals surface area contributed by atoms with Crippen LogP contribution in [0.25, 0.3) is 0 Å². The Labute approximate surface area is 146 Å². The number of fused-ring (bicyclic) bond motifs is 1. The minimum atomic E-state index is -3.79. The van der Waals surface area contributed by atoms with Gasteiger partial charge in [0.1, 0.15) is 10.6 Å². The molecule has 0 radical (unpaired) electrons. The molecule has 8 heteroatoms. The lowest BCUT2D eigenvalue weighted by Gasteiger charge is -2.26. The second-order valence-corrected chi connectivity index (χ2v) is 7.29. The van der Waals surface area contributed by atoms with E-state index in [-0.39, 0.29) is 10.9 Å². The lowest BCUT2D eigenvalue weighted by molar-refractivity contribution is 0.218. The van der Waals surface area contributed by atoms with Gasteiger partial charge in [-0.3, -0.25) is 4.72 Å². The van der Waals surface area contributed by atoms with Gasteiger partial charge < -0.3 is 15.0 Å². The van der Waals surface area contributed by atoms with E-state index in [9.17, 15) is 13.2 Å². The Morgan fingerprint density at radius 1 is 1.24 bits per heavy atom. The standard InChI is InChI=1S/C17H19N3O4S/c1-3-24-15-6-4-5-7-16(15)25(22,23)19-13-8-9-14-12(10-13)11-20(2)17(21)18-14/h4-10,19H,3,11H2,1-2H3,(H,18,21). The fraction of sp³-hybridized carbons (Fsp3) is 0.235. The van der Waals surface area contributed by atoms with Gasteiger partial charge in [0.25, 0.3) is 10.0 Å². The van der Waals surface area contributed by atoms with Crippen LogP contribution in [0.4, 0.5) is 16.2 Å². The molecule has 0 aromatic heterocycles. The molecule has 2 N–H and O–H groups in total. The number of carbonyl (C=O) groups excluding carboxylic acids is 1. The molecule has 0 atom stereocenters. The van der Waals surface area contributed by atoms with E-state index in [1.807, 2.05) is 0 Å². The number of nitrogens with zero attached hydrogens (tertiary/aromatic N) is 1. The monoisotopic (exact) mass is 361 g/mol. The summed E-state index contributed by atoms with van der Waals surface area (Å²) in [6, 6.07) is 11.3. The van der Waals surface area contributed by atoms with E-state index >= 15 is 0 Å². The van der Waals surface area contributed by atoms with E-state index in [4.69, 9.17) is 4.74 Å². The van der Waals surface area contributed by atoms with Gasteiger partial charge in [-0.2, -0.15) is 0 Å². The molecule has 0 saturated heterocycles. The van der Waals surface area contributed by atoms with Crippen molar-refractivity contribution in [1.29, 1.82) is 0 Å². The zero-order valence-corrected chi connectivity index (χ0v) is 14.8. The highest BCUT2D eigenvalue weighted by Crippen LogP contribution is 2.29. The Balaban J connectivity index is 1.90. The Morgan fingerprint density at radius 2 is 2.00 bits per heavy atom. The third-order valence-corrected chi connectivity index (χ3v) is 5.21. The molecule has 132 valence electrons. The minimum absolute atomic E-state index is 0.0833. The molecular weight excluding hydrogens is 342 g/mol. The Morgan fingerprint density at radius 3 is 2.76 bits per heavy atom. The highest BCUT2D eigenvalue weighted by Gasteiger charge is 2.22. The number of urea groups is 1. The molecule has 7 nitrogen and oxygen atoms in total. The molecule has 2 aromatic carbocycles. The molecule has 25 heavy (non-hydrogen) atoms. The lowest BCUT2D eigenvalue weighted by Crippen LogP contribution is -2.35. The number of rotatable bonds is 5. The Hall–Kier alpha value is -2.74. The molecule has 0 fully saturated rings. The van der Waals surface area contributed by atoms with E-state index in [1.165, 1.54) is 11.0 Å². The van der Waals surface area contributed by atoms with Crippen LogP contribution in [0.3, 0.4) is 0 Å². The number of carbonyl (C=O) groups is 1. The smallest absolute Gasteiger partial charge is 0.321 e. The molecule has 1 heterocycles. The molecule has 3 rings (SSSR count). The van der Waals surface area contributed by atoms with Crippen LogP contribution in [-0.2, 0) is 16.6 Å². The van der Waals surface area contributed by atoms with Crippen molar-refractivity contribution in [2.75, 3.05) is 23.7 Å². The van der Waals surface area contributed by atoms with E-state index in [1.54, 1.807) is 50.4 Å². The highest BCUT2D eigenvalue weighted by molar-refractivity contribution is 7.92. The fourth-order valence-electron chi connectivity index (χ4n) is 2.60. The summed E-state index contributed by atoms with van der Waals surface area (Å²) in [6.07, 6.45) is 0. The van der Waals surface area contributed by atoms with E-state index in [2.05, 4.69) is 10.0 Å². The number of hydrogen-bond acceptors (Lipinski definition) is 4. The summed E-state index contributed by atoms with van der Waals surface area (Å²) in [5.41, 5.74) is 1.94. The van der Waals surface area contributed by atoms with Gasteiger partial charge in [-0.25, -0.2) is 13.2 Å². The summed E-state index contributed by atoms with van der Waals surface area (Å²) >= 11 is 0. The predicted octanol–water partition coefficient (Wildman–Crippen LogP) is 2.86. The maximum atomic E-state index is 12.7. The number of ether oxygens (including phenoxy) is 1. The number of hydrogen-bond donors (Lipinski definition) is 2. The summed E-state index contributed by atoms with van der Waals surface area (Å²) in [4.78, 5) is 13.2. The molecule has 2 amide bonds. The van der Waals surface area contributed by atoms with Crippen molar-refractivity contribution in [3.05, 3.63) is 48.0 Å². The molecule has 1 aliphatic heterocycles. The van der Waals surface area contributed by atoms with Crippen LogP contribution >= 0.6 is 0 Å². The van der Waals surface area contributed by atoms with Crippen molar-refractivity contribution >= 4 is 27.4 Å². The highest BCUT2D eigenvalue weighted by atomic mass is 32.2. The molecule has 0 spiro atoms. The summed E-state index contributed by atoms with van der Waals surface area (Å²) in [5.74, 6) is 0.308. The normalized spacial score (nSPS) is 13.8. The van der Waals surface area contributed by atoms with Crippen LogP contribution in [0.15, 0.2) is 47.4 Å². The largest absolute Gasteiger partial charge is 0.492 e. The third kappa shape index (κ3) is 3.53. The molecule has 0 saturated carbocycles. The van der Waals surface area contributed by atoms with Gasteiger partial charge in [0, 0.05) is 25.0 Å². The zero-order valence-electron chi connectivity index (χ0n) is 13.9. The van der Waals surface area contributed by atoms with E-state index < -0.39 is 10.0 Å². The lowest BCUT2D eigenvalue weighted by atomic mass is 10.1. The first-order valence-corrected chi connectivity index (χ1v) is 9.28. The maximum Gasteiger partial charge on any atom is 0.321 e. The molecule has 0 bridgehead atoms. The number of benzene rings is 2. The zero-order chi connectivity index (χ0) is 18.0. The van der Waals surface area contributed by atoms with E-state index in [0.29, 0.717) is 30.3 Å². The van der Waals surface area contributed by atoms with Crippen LogP contribution < -0.4 is 14.8 Å². The van der Waals surface area contributed by atoms with Crippen molar-refractivity contribution in [3.8, 4) is 5.75 Å². The molecular formula is C17H19N3O4S. The van der Waals surface area contributed by atoms with Crippen molar-refractivity contribution in [1.82, 2.24) is 4.90 Å². The van der Waals surface area contributed by atoms with Gasteiger partial charge in [-0.1, -0.05) is 12.1 Å². The van der Waals surface area contributed by atoms with Gasteiger partial charge >= 0.3 is 6.03 Å². The molecule has 2 aromatic rings. The van der Waals surface area contributed by atoms with Gasteiger partial charge in [0.15, 0.2) is 0 Å². The Kier molecular flexibility index (Phi) is 4.54. The number of nitrogens with one attached hydrogen (secondary N) is 2. The summed E-state index contributed by atoms with van der Waals surface area (Å²) < 4.78 is 33.4. The minimum Gasteiger partial charge on any atom is -0.492 e. The number of amides is 2. The Bertz CT molecular complexity index is 912. The second kappa shape index (κ2) is 6.64. The first-order valence-electron chi connectivity index (χ1n) is 7.80. The SMILES string of the molecule is CCOc1ccccc1S(=O)(=O)Nc1ccc2c(c1)CN(C)C(=O)N2. The van der Waals surface area contributed by atoms with Crippen LogP contribution in [-0.4, -0.2) is 33.0 Å². The average molecular weight is 361 g/mol. The van der Waals surface area contributed by atoms with Gasteiger partial charge in [0.2, 0.25) is 0 Å². The van der Waals surface area contributed by atoms with Crippen LogP contribution in [0.2, 0.25) is 0 Å². The van der Waals surface area contributed by atoms with Crippen LogP contribution in [0.5, 0.6) is 5.75 Å². The van der Waals surface area contributed by atoms with Crippen molar-refractivity contribution in [3.63, 3.8) is 0 Å². The second-order valence-electron chi connectivity index (χ2n) is 5.64. The van der Waals surface area contributed by atoms with E-state index in [0.717, 1.165) is 5.56 Å². The molecule has 1 aliphatic rings. The van der Waals surface area contributed by atoms with Crippen LogP contribution in [0, 0.1) is 0 Å². The fourth-order valence-corrected chi connectivity index (χ4v) is 3.80. The summed E-state index contributed by atoms with van der Waals surface area (Å²) in [5, 5.41) is 2.75. The van der Waals surface area contributed by atoms with Crippen molar-refractivity contribution in [2.45, 2.75) is 18.4 Å². The average Bonchev–Trinajstić information content (AvgIpc) is 2.56. The van der Waals surface area contributed by atoms with Crippen LogP contribution in [0.1, 0.15) is 12.5 Å². The number of sulfonamides is 1. The first-order chi connectivity index (χ1) is 11.9. The van der Waals surface area contributed by atoms with Crippen molar-refractivity contribution < 1.29 is 17.9 Å². The summed E-state index contributed by atoms with van der Waals surface area (Å²) in [7, 11) is -2.12. The predicted molar refractivity (Wildman–Crippen MR) is 95.3 cm³/mol. The maximum absolute atomic E-state index is 12.7. The summed E-state index contributed by atoms with van der Waals surface area (Å²) in [6.45, 7) is 2.58. The number of anilines is 2. The first kappa shape index (κ1) is 17.1.